The Bertz CT molecular complexity index is 1030. The lowest BCUT2D eigenvalue weighted by Gasteiger charge is -2.08. The molecule has 9 heteroatoms. The topological polar surface area (TPSA) is 106 Å². The summed E-state index contributed by atoms with van der Waals surface area (Å²) in [6.07, 6.45) is 0. The number of aromatic nitrogens is 1. The Balaban J connectivity index is 1.77. The van der Waals surface area contributed by atoms with Crippen molar-refractivity contribution in [2.24, 2.45) is 0 Å². The number of anilines is 1. The van der Waals surface area contributed by atoms with E-state index < -0.39 is 16.0 Å². The SMILES string of the molecule is Cc1nc(NS(=O)(=O)c2ccc(Oc3ccccc3)cc2)sc1C(=O)O. The number of carbonyl (C=O) groups is 1. The number of carboxylic acid groups (broad SMARTS) is 1. The predicted molar refractivity (Wildman–Crippen MR) is 97.6 cm³/mol. The first-order valence-corrected chi connectivity index (χ1v) is 9.71. The lowest BCUT2D eigenvalue weighted by atomic mass is 10.3. The Labute approximate surface area is 154 Å². The van der Waals surface area contributed by atoms with Crippen LogP contribution in [0, 0.1) is 6.92 Å². The summed E-state index contributed by atoms with van der Waals surface area (Å²) in [6.45, 7) is 1.51. The summed E-state index contributed by atoms with van der Waals surface area (Å²) in [4.78, 5) is 15.0. The number of sulfonamides is 1. The van der Waals surface area contributed by atoms with Crippen LogP contribution in [-0.4, -0.2) is 24.5 Å². The predicted octanol–water partition coefficient (Wildman–Crippen LogP) is 3.74. The fraction of sp³-hybridized carbons (Fsp3) is 0.0588. The molecule has 2 N–H and O–H groups in total. The van der Waals surface area contributed by atoms with Gasteiger partial charge in [-0.3, -0.25) is 4.72 Å². The fourth-order valence-electron chi connectivity index (χ4n) is 2.12. The highest BCUT2D eigenvalue weighted by Gasteiger charge is 2.20. The molecule has 2 aromatic carbocycles. The highest BCUT2D eigenvalue weighted by Crippen LogP contribution is 2.26. The molecule has 3 rings (SSSR count). The average Bonchev–Trinajstić information content (AvgIpc) is 2.96. The van der Waals surface area contributed by atoms with Gasteiger partial charge in [-0.1, -0.05) is 29.5 Å². The molecule has 1 heterocycles. The summed E-state index contributed by atoms with van der Waals surface area (Å²) in [5, 5.41) is 9.03. The van der Waals surface area contributed by atoms with Crippen molar-refractivity contribution in [2.45, 2.75) is 11.8 Å². The van der Waals surface area contributed by atoms with Crippen molar-refractivity contribution in [1.29, 1.82) is 0 Å². The van der Waals surface area contributed by atoms with Crippen molar-refractivity contribution in [3.8, 4) is 11.5 Å². The van der Waals surface area contributed by atoms with Gasteiger partial charge in [0.15, 0.2) is 5.13 Å². The quantitative estimate of drug-likeness (QED) is 0.664. The van der Waals surface area contributed by atoms with Crippen LogP contribution in [0.2, 0.25) is 0 Å². The van der Waals surface area contributed by atoms with Crippen LogP contribution < -0.4 is 9.46 Å². The van der Waals surface area contributed by atoms with Crippen molar-refractivity contribution in [3.05, 3.63) is 65.2 Å². The Morgan fingerprint density at radius 3 is 2.27 bits per heavy atom. The molecule has 0 saturated carbocycles. The number of rotatable bonds is 6. The summed E-state index contributed by atoms with van der Waals surface area (Å²) >= 11 is 0.768. The molecular formula is C17H14N2O5S2. The van der Waals surface area contributed by atoms with E-state index in [0.717, 1.165) is 11.3 Å². The maximum Gasteiger partial charge on any atom is 0.347 e. The summed E-state index contributed by atoms with van der Waals surface area (Å²) in [6, 6.07) is 15.0. The molecule has 0 aliphatic carbocycles. The molecule has 0 saturated heterocycles. The van der Waals surface area contributed by atoms with Gasteiger partial charge in [0.25, 0.3) is 10.0 Å². The molecule has 0 fully saturated rings. The fourth-order valence-corrected chi connectivity index (χ4v) is 4.16. The number of nitrogens with zero attached hydrogens (tertiary/aromatic N) is 1. The molecule has 7 nitrogen and oxygen atoms in total. The van der Waals surface area contributed by atoms with Gasteiger partial charge in [0.05, 0.1) is 10.6 Å². The molecule has 0 aliphatic rings. The van der Waals surface area contributed by atoms with Crippen molar-refractivity contribution in [3.63, 3.8) is 0 Å². The second-order valence-electron chi connectivity index (χ2n) is 5.23. The second kappa shape index (κ2) is 7.14. The molecular weight excluding hydrogens is 376 g/mol. The van der Waals surface area contributed by atoms with Gasteiger partial charge in [-0.05, 0) is 43.3 Å². The minimum absolute atomic E-state index is 0.00418. The highest BCUT2D eigenvalue weighted by molar-refractivity contribution is 7.93. The van der Waals surface area contributed by atoms with E-state index in [1.807, 2.05) is 18.2 Å². The van der Waals surface area contributed by atoms with E-state index in [9.17, 15) is 13.2 Å². The number of ether oxygens (including phenoxy) is 1. The standard InChI is InChI=1S/C17H14N2O5S2/c1-11-15(16(20)21)25-17(18-11)19-26(22,23)14-9-7-13(8-10-14)24-12-5-3-2-4-6-12/h2-10H,1H3,(H,18,19)(H,20,21). The van der Waals surface area contributed by atoms with Crippen molar-refractivity contribution < 1.29 is 23.1 Å². The van der Waals surface area contributed by atoms with Crippen LogP contribution >= 0.6 is 11.3 Å². The molecule has 0 radical (unpaired) electrons. The van der Waals surface area contributed by atoms with E-state index in [1.165, 1.54) is 31.2 Å². The number of benzene rings is 2. The number of nitrogens with one attached hydrogen (secondary N) is 1. The van der Waals surface area contributed by atoms with Crippen molar-refractivity contribution in [2.75, 3.05) is 4.72 Å². The second-order valence-corrected chi connectivity index (χ2v) is 7.91. The molecule has 3 aromatic rings. The average molecular weight is 390 g/mol. The van der Waals surface area contributed by atoms with Crippen LogP contribution in [0.1, 0.15) is 15.4 Å². The lowest BCUT2D eigenvalue weighted by Crippen LogP contribution is -2.12. The number of hydrogen-bond acceptors (Lipinski definition) is 6. The molecule has 134 valence electrons. The van der Waals surface area contributed by atoms with Crippen LogP contribution in [-0.2, 0) is 10.0 Å². The number of para-hydroxylation sites is 1. The number of aromatic carboxylic acids is 1. The molecule has 0 bridgehead atoms. The summed E-state index contributed by atoms with van der Waals surface area (Å²) in [5.74, 6) is -0.0121. The third kappa shape index (κ3) is 4.01. The van der Waals surface area contributed by atoms with Crippen LogP contribution in [0.25, 0.3) is 0 Å². The number of carboxylic acids is 1. The minimum atomic E-state index is -3.88. The van der Waals surface area contributed by atoms with Crippen molar-refractivity contribution >= 4 is 32.5 Å². The van der Waals surface area contributed by atoms with Gasteiger partial charge in [-0.2, -0.15) is 0 Å². The maximum atomic E-state index is 12.4. The smallest absolute Gasteiger partial charge is 0.347 e. The van der Waals surface area contributed by atoms with E-state index in [2.05, 4.69) is 9.71 Å². The first-order chi connectivity index (χ1) is 12.3. The van der Waals surface area contributed by atoms with Crippen LogP contribution in [0.15, 0.2) is 59.5 Å². The molecule has 0 amide bonds. The first kappa shape index (κ1) is 17.9. The van der Waals surface area contributed by atoms with Crippen LogP contribution in [0.5, 0.6) is 11.5 Å². The molecule has 0 unspecified atom stereocenters. The molecule has 0 spiro atoms. The first-order valence-electron chi connectivity index (χ1n) is 7.42. The summed E-state index contributed by atoms with van der Waals surface area (Å²) in [5.41, 5.74) is 0.256. The molecule has 0 aliphatic heterocycles. The van der Waals surface area contributed by atoms with Crippen molar-refractivity contribution in [1.82, 2.24) is 4.98 Å². The summed E-state index contributed by atoms with van der Waals surface area (Å²) in [7, 11) is -3.88. The Morgan fingerprint density at radius 2 is 1.69 bits per heavy atom. The Morgan fingerprint density at radius 1 is 1.08 bits per heavy atom. The van der Waals surface area contributed by atoms with Gasteiger partial charge in [0.2, 0.25) is 0 Å². The van der Waals surface area contributed by atoms with E-state index >= 15 is 0 Å². The van der Waals surface area contributed by atoms with E-state index in [1.54, 1.807) is 12.1 Å². The van der Waals surface area contributed by atoms with E-state index in [-0.39, 0.29) is 20.6 Å². The van der Waals surface area contributed by atoms with Gasteiger partial charge in [0, 0.05) is 0 Å². The molecule has 1 aromatic heterocycles. The third-order valence-electron chi connectivity index (χ3n) is 3.33. The lowest BCUT2D eigenvalue weighted by molar-refractivity contribution is 0.0701. The largest absolute Gasteiger partial charge is 0.477 e. The van der Waals surface area contributed by atoms with E-state index in [0.29, 0.717) is 11.5 Å². The Kier molecular flexibility index (Phi) is 4.92. The zero-order valence-corrected chi connectivity index (χ0v) is 15.2. The normalized spacial score (nSPS) is 11.1. The number of aryl methyl sites for hydroxylation is 1. The molecule has 0 atom stereocenters. The zero-order valence-electron chi connectivity index (χ0n) is 13.5. The zero-order chi connectivity index (χ0) is 18.7. The van der Waals surface area contributed by atoms with Gasteiger partial charge in [0.1, 0.15) is 16.4 Å². The highest BCUT2D eigenvalue weighted by atomic mass is 32.2. The number of thiazole rings is 1. The van der Waals surface area contributed by atoms with Gasteiger partial charge < -0.3 is 9.84 Å². The molecule has 26 heavy (non-hydrogen) atoms. The van der Waals surface area contributed by atoms with E-state index in [4.69, 9.17) is 9.84 Å². The summed E-state index contributed by atoms with van der Waals surface area (Å²) < 4.78 is 32.8. The van der Waals surface area contributed by atoms with Gasteiger partial charge in [-0.25, -0.2) is 18.2 Å². The van der Waals surface area contributed by atoms with Gasteiger partial charge in [-0.15, -0.1) is 0 Å². The van der Waals surface area contributed by atoms with Crippen LogP contribution in [0.4, 0.5) is 5.13 Å². The minimum Gasteiger partial charge on any atom is -0.477 e. The maximum absolute atomic E-state index is 12.4. The Hall–Kier alpha value is -2.91. The van der Waals surface area contributed by atoms with Gasteiger partial charge >= 0.3 is 5.97 Å². The third-order valence-corrected chi connectivity index (χ3v) is 5.87. The number of hydrogen-bond donors (Lipinski definition) is 2. The van der Waals surface area contributed by atoms with Crippen LogP contribution in [0.3, 0.4) is 0 Å². The monoisotopic (exact) mass is 390 g/mol.